The molecule has 0 atom stereocenters. The van der Waals surface area contributed by atoms with Crippen molar-refractivity contribution in [1.29, 1.82) is 0 Å². The van der Waals surface area contributed by atoms with Crippen LogP contribution in [0.5, 0.6) is 0 Å². The zero-order valence-electron chi connectivity index (χ0n) is 10.4. The lowest BCUT2D eigenvalue weighted by Gasteiger charge is -2.16. The van der Waals surface area contributed by atoms with Gasteiger partial charge >= 0.3 is 0 Å². The second-order valence-corrected chi connectivity index (χ2v) is 4.37. The van der Waals surface area contributed by atoms with Crippen molar-refractivity contribution in [2.24, 2.45) is 5.92 Å². The number of aryl methyl sites for hydroxylation is 1. The minimum Gasteiger partial charge on any atom is -0.339 e. The smallest absolute Gasteiger partial charge is 0.293 e. The van der Waals surface area contributed by atoms with E-state index in [-0.39, 0.29) is 11.7 Å². The molecule has 16 heavy (non-hydrogen) atoms. The maximum atomic E-state index is 11.9. The van der Waals surface area contributed by atoms with Gasteiger partial charge in [-0.15, -0.1) is 5.10 Å². The van der Waals surface area contributed by atoms with Crippen molar-refractivity contribution in [3.63, 3.8) is 0 Å². The Balaban J connectivity index is 2.56. The van der Waals surface area contributed by atoms with Crippen molar-refractivity contribution in [1.82, 2.24) is 20.1 Å². The van der Waals surface area contributed by atoms with E-state index in [0.29, 0.717) is 5.92 Å². The standard InChI is InChI=1S/C11H20N4O/c1-5-9-12-10(14-13-9)11(16)15(4)7-6-8(2)3/h8H,5-7H2,1-4H3,(H,12,13,14). The Morgan fingerprint density at radius 3 is 2.69 bits per heavy atom. The van der Waals surface area contributed by atoms with E-state index in [2.05, 4.69) is 29.0 Å². The van der Waals surface area contributed by atoms with Gasteiger partial charge in [0.15, 0.2) is 0 Å². The number of hydrogen-bond acceptors (Lipinski definition) is 3. The van der Waals surface area contributed by atoms with E-state index in [1.165, 1.54) is 0 Å². The number of carbonyl (C=O) groups is 1. The first kappa shape index (κ1) is 12.7. The first-order chi connectivity index (χ1) is 7.54. The second-order valence-electron chi connectivity index (χ2n) is 4.37. The third kappa shape index (κ3) is 3.32. The van der Waals surface area contributed by atoms with Gasteiger partial charge in [0.25, 0.3) is 5.91 Å². The summed E-state index contributed by atoms with van der Waals surface area (Å²) < 4.78 is 0. The molecular weight excluding hydrogens is 204 g/mol. The molecule has 1 N–H and O–H groups in total. The summed E-state index contributed by atoms with van der Waals surface area (Å²) in [5.74, 6) is 1.49. The Labute approximate surface area is 96.3 Å². The Morgan fingerprint density at radius 1 is 1.50 bits per heavy atom. The largest absolute Gasteiger partial charge is 0.339 e. The Kier molecular flexibility index (Phi) is 4.46. The van der Waals surface area contributed by atoms with Gasteiger partial charge in [0.1, 0.15) is 5.82 Å². The fourth-order valence-corrected chi connectivity index (χ4v) is 1.27. The zero-order chi connectivity index (χ0) is 12.1. The highest BCUT2D eigenvalue weighted by molar-refractivity contribution is 5.90. The van der Waals surface area contributed by atoms with Crippen molar-refractivity contribution in [3.8, 4) is 0 Å². The van der Waals surface area contributed by atoms with Crippen LogP contribution in [-0.4, -0.2) is 39.6 Å². The summed E-state index contributed by atoms with van der Waals surface area (Å²) in [6.45, 7) is 6.99. The summed E-state index contributed by atoms with van der Waals surface area (Å²) in [7, 11) is 1.78. The molecule has 1 aromatic rings. The minimum atomic E-state index is -0.114. The van der Waals surface area contributed by atoms with Gasteiger partial charge in [-0.3, -0.25) is 9.89 Å². The van der Waals surface area contributed by atoms with E-state index in [1.807, 2.05) is 6.92 Å². The van der Waals surface area contributed by atoms with Crippen LogP contribution in [0.15, 0.2) is 0 Å². The number of rotatable bonds is 5. The second kappa shape index (κ2) is 5.63. The number of aromatic nitrogens is 3. The van der Waals surface area contributed by atoms with Crippen LogP contribution in [-0.2, 0) is 6.42 Å². The summed E-state index contributed by atoms with van der Waals surface area (Å²) in [6, 6.07) is 0. The molecule has 0 saturated heterocycles. The molecule has 0 aliphatic rings. The van der Waals surface area contributed by atoms with Crippen LogP contribution in [0.2, 0.25) is 0 Å². The van der Waals surface area contributed by atoms with Crippen LogP contribution in [0.3, 0.4) is 0 Å². The van der Waals surface area contributed by atoms with Crippen molar-refractivity contribution < 1.29 is 4.79 Å². The highest BCUT2D eigenvalue weighted by atomic mass is 16.2. The molecule has 90 valence electrons. The van der Waals surface area contributed by atoms with Gasteiger partial charge < -0.3 is 4.90 Å². The lowest BCUT2D eigenvalue weighted by Crippen LogP contribution is -2.29. The van der Waals surface area contributed by atoms with Crippen LogP contribution in [0.25, 0.3) is 0 Å². The predicted octanol–water partition coefficient (Wildman–Crippen LogP) is 1.49. The zero-order valence-corrected chi connectivity index (χ0v) is 10.4. The van der Waals surface area contributed by atoms with E-state index in [0.717, 1.165) is 25.2 Å². The minimum absolute atomic E-state index is 0.114. The van der Waals surface area contributed by atoms with Crippen LogP contribution in [0, 0.1) is 5.92 Å². The van der Waals surface area contributed by atoms with Gasteiger partial charge in [-0.05, 0) is 12.3 Å². The van der Waals surface area contributed by atoms with E-state index in [1.54, 1.807) is 11.9 Å². The van der Waals surface area contributed by atoms with E-state index < -0.39 is 0 Å². The summed E-state index contributed by atoms with van der Waals surface area (Å²) in [4.78, 5) is 17.7. The van der Waals surface area contributed by atoms with Gasteiger partial charge in [-0.25, -0.2) is 4.98 Å². The molecular formula is C11H20N4O. The molecule has 0 spiro atoms. The van der Waals surface area contributed by atoms with Gasteiger partial charge in [0.05, 0.1) is 0 Å². The number of carbonyl (C=O) groups excluding carboxylic acids is 1. The fourth-order valence-electron chi connectivity index (χ4n) is 1.27. The van der Waals surface area contributed by atoms with Crippen LogP contribution in [0.1, 0.15) is 43.6 Å². The number of hydrogen-bond donors (Lipinski definition) is 1. The summed E-state index contributed by atoms with van der Waals surface area (Å²) in [5.41, 5.74) is 0. The topological polar surface area (TPSA) is 61.9 Å². The number of H-pyrrole nitrogens is 1. The van der Waals surface area contributed by atoms with Gasteiger partial charge in [-0.2, -0.15) is 0 Å². The Bertz CT molecular complexity index is 346. The lowest BCUT2D eigenvalue weighted by atomic mass is 10.1. The molecule has 1 rings (SSSR count). The van der Waals surface area contributed by atoms with Crippen molar-refractivity contribution in [2.45, 2.75) is 33.6 Å². The molecule has 1 heterocycles. The first-order valence-electron chi connectivity index (χ1n) is 5.71. The van der Waals surface area contributed by atoms with E-state index >= 15 is 0 Å². The van der Waals surface area contributed by atoms with E-state index in [9.17, 15) is 4.79 Å². The molecule has 1 aromatic heterocycles. The van der Waals surface area contributed by atoms with Crippen molar-refractivity contribution in [2.75, 3.05) is 13.6 Å². The normalized spacial score (nSPS) is 10.8. The van der Waals surface area contributed by atoms with Crippen LogP contribution in [0.4, 0.5) is 0 Å². The Hall–Kier alpha value is -1.39. The molecule has 5 nitrogen and oxygen atoms in total. The summed E-state index contributed by atoms with van der Waals surface area (Å²) >= 11 is 0. The average molecular weight is 224 g/mol. The van der Waals surface area contributed by atoms with Crippen molar-refractivity contribution >= 4 is 5.91 Å². The molecule has 1 amide bonds. The van der Waals surface area contributed by atoms with Crippen LogP contribution >= 0.6 is 0 Å². The lowest BCUT2D eigenvalue weighted by molar-refractivity contribution is 0.0777. The molecule has 0 unspecified atom stereocenters. The molecule has 0 fully saturated rings. The van der Waals surface area contributed by atoms with Gasteiger partial charge in [0, 0.05) is 20.0 Å². The molecule has 0 bridgehead atoms. The maximum Gasteiger partial charge on any atom is 0.293 e. The van der Waals surface area contributed by atoms with Gasteiger partial charge in [0.2, 0.25) is 5.82 Å². The predicted molar refractivity (Wildman–Crippen MR) is 62.2 cm³/mol. The highest BCUT2D eigenvalue weighted by Crippen LogP contribution is 2.03. The number of nitrogens with zero attached hydrogens (tertiary/aromatic N) is 3. The maximum absolute atomic E-state index is 11.9. The summed E-state index contributed by atoms with van der Waals surface area (Å²) in [6.07, 6.45) is 1.75. The van der Waals surface area contributed by atoms with E-state index in [4.69, 9.17) is 0 Å². The molecule has 0 saturated carbocycles. The molecule has 0 aliphatic carbocycles. The fraction of sp³-hybridized carbons (Fsp3) is 0.727. The average Bonchev–Trinajstić information content (AvgIpc) is 2.73. The number of aromatic amines is 1. The van der Waals surface area contributed by atoms with Gasteiger partial charge in [-0.1, -0.05) is 20.8 Å². The number of nitrogens with one attached hydrogen (secondary N) is 1. The third-order valence-corrected chi connectivity index (χ3v) is 2.45. The SMILES string of the molecule is CCc1nc(C(=O)N(C)CCC(C)C)n[nH]1. The first-order valence-corrected chi connectivity index (χ1v) is 5.71. The number of amides is 1. The monoisotopic (exact) mass is 224 g/mol. The third-order valence-electron chi connectivity index (χ3n) is 2.45. The summed E-state index contributed by atoms with van der Waals surface area (Å²) in [5, 5.41) is 6.66. The quantitative estimate of drug-likeness (QED) is 0.824. The molecule has 0 radical (unpaired) electrons. The molecule has 0 aromatic carbocycles. The highest BCUT2D eigenvalue weighted by Gasteiger charge is 2.16. The molecule has 5 heteroatoms. The Morgan fingerprint density at radius 2 is 2.19 bits per heavy atom. The van der Waals surface area contributed by atoms with Crippen LogP contribution < -0.4 is 0 Å². The van der Waals surface area contributed by atoms with Crippen molar-refractivity contribution in [3.05, 3.63) is 11.6 Å². The molecule has 0 aliphatic heterocycles.